The topological polar surface area (TPSA) is 61.8 Å². The number of hydrogen-bond acceptors (Lipinski definition) is 5. The number of carbonyl (C=O) groups excluding carboxylic acids is 2. The molecule has 0 aliphatic rings. The minimum Gasteiger partial charge on any atom is -0.466 e. The van der Waals surface area contributed by atoms with Gasteiger partial charge in [-0.05, 0) is 6.42 Å². The van der Waals surface area contributed by atoms with Gasteiger partial charge in [-0.2, -0.15) is 0 Å². The summed E-state index contributed by atoms with van der Waals surface area (Å²) in [5, 5.41) is 0. The summed E-state index contributed by atoms with van der Waals surface area (Å²) in [6, 6.07) is 0. The number of rotatable bonds is 7. The Morgan fingerprint density at radius 1 is 1.07 bits per heavy atom. The van der Waals surface area contributed by atoms with E-state index in [1.54, 1.807) is 0 Å². The second-order valence-corrected chi connectivity index (χ2v) is 2.64. The Bertz CT molecular complexity index is 222. The number of esters is 2. The molecule has 0 aliphatic heterocycles. The van der Waals surface area contributed by atoms with Crippen LogP contribution in [-0.4, -0.2) is 38.9 Å². The Kier molecular flexibility index (Phi) is 8.37. The number of carbonyl (C=O) groups is 2. The van der Waals surface area contributed by atoms with Crippen molar-refractivity contribution in [1.29, 1.82) is 0 Å². The number of hydrogen-bond donors (Lipinski definition) is 0. The lowest BCUT2D eigenvalue weighted by Gasteiger charge is -2.02. The largest absolute Gasteiger partial charge is 0.466 e. The molecule has 15 heavy (non-hydrogen) atoms. The van der Waals surface area contributed by atoms with Gasteiger partial charge in [0.05, 0.1) is 13.7 Å². The summed E-state index contributed by atoms with van der Waals surface area (Å²) in [7, 11) is 1.23. The van der Waals surface area contributed by atoms with Gasteiger partial charge >= 0.3 is 11.9 Å². The van der Waals surface area contributed by atoms with Gasteiger partial charge in [-0.3, -0.25) is 0 Å². The van der Waals surface area contributed by atoms with Crippen molar-refractivity contribution in [2.24, 2.45) is 0 Å². The van der Waals surface area contributed by atoms with Crippen molar-refractivity contribution in [2.75, 3.05) is 26.9 Å². The van der Waals surface area contributed by atoms with Gasteiger partial charge in [0.2, 0.25) is 0 Å². The summed E-state index contributed by atoms with van der Waals surface area (Å²) in [6.07, 6.45) is 2.96. The van der Waals surface area contributed by atoms with E-state index in [4.69, 9.17) is 9.47 Å². The maximum absolute atomic E-state index is 10.9. The number of ether oxygens (including phenoxy) is 3. The van der Waals surface area contributed by atoms with Gasteiger partial charge in [-0.15, -0.1) is 0 Å². The fourth-order valence-corrected chi connectivity index (χ4v) is 0.700. The zero-order valence-corrected chi connectivity index (χ0v) is 9.02. The molecule has 0 N–H and O–H groups in total. The average molecular weight is 216 g/mol. The Morgan fingerprint density at radius 2 is 1.73 bits per heavy atom. The van der Waals surface area contributed by atoms with Crippen LogP contribution in [0.1, 0.15) is 13.3 Å². The second-order valence-electron chi connectivity index (χ2n) is 2.64. The van der Waals surface area contributed by atoms with Crippen LogP contribution in [0.25, 0.3) is 0 Å². The first-order valence-corrected chi connectivity index (χ1v) is 4.71. The third kappa shape index (κ3) is 8.96. The van der Waals surface area contributed by atoms with Gasteiger partial charge in [0.1, 0.15) is 6.61 Å². The lowest BCUT2D eigenvalue weighted by molar-refractivity contribution is -0.140. The minimum atomic E-state index is -0.589. The first-order chi connectivity index (χ1) is 7.20. The highest BCUT2D eigenvalue weighted by molar-refractivity contribution is 5.91. The van der Waals surface area contributed by atoms with Crippen molar-refractivity contribution in [3.05, 3.63) is 12.2 Å². The lowest BCUT2D eigenvalue weighted by Crippen LogP contribution is -2.09. The van der Waals surface area contributed by atoms with E-state index in [9.17, 15) is 9.59 Å². The van der Waals surface area contributed by atoms with E-state index in [-0.39, 0.29) is 6.61 Å². The zero-order chi connectivity index (χ0) is 11.5. The molecular weight excluding hydrogens is 200 g/mol. The minimum absolute atomic E-state index is 0.185. The molecule has 0 amide bonds. The molecule has 0 aromatic rings. The van der Waals surface area contributed by atoms with Crippen LogP contribution in [0.5, 0.6) is 0 Å². The van der Waals surface area contributed by atoms with Gasteiger partial charge in [0, 0.05) is 18.8 Å². The summed E-state index contributed by atoms with van der Waals surface area (Å²) in [5.74, 6) is -1.17. The first kappa shape index (κ1) is 13.6. The summed E-state index contributed by atoms with van der Waals surface area (Å²) in [4.78, 5) is 21.5. The maximum atomic E-state index is 10.9. The van der Waals surface area contributed by atoms with Crippen LogP contribution in [0.15, 0.2) is 12.2 Å². The van der Waals surface area contributed by atoms with Crippen LogP contribution in [0, 0.1) is 0 Å². The fourth-order valence-electron chi connectivity index (χ4n) is 0.700. The quantitative estimate of drug-likeness (QED) is 0.356. The van der Waals surface area contributed by atoms with Crippen LogP contribution in [0.4, 0.5) is 0 Å². The van der Waals surface area contributed by atoms with Crippen molar-refractivity contribution < 1.29 is 23.8 Å². The molecule has 0 spiro atoms. The van der Waals surface area contributed by atoms with Gasteiger partial charge in [-0.25, -0.2) is 9.59 Å². The molecule has 0 aromatic carbocycles. The number of methoxy groups -OCH3 is 1. The Labute approximate surface area is 89.0 Å². The fraction of sp³-hybridized carbons (Fsp3) is 0.600. The molecule has 0 unspecified atom stereocenters. The summed E-state index contributed by atoms with van der Waals surface area (Å²) < 4.78 is 14.1. The molecule has 86 valence electrons. The van der Waals surface area contributed by atoms with Crippen LogP contribution >= 0.6 is 0 Å². The van der Waals surface area contributed by atoms with Crippen LogP contribution in [-0.2, 0) is 23.8 Å². The molecule has 0 radical (unpaired) electrons. The molecular formula is C10H16O5. The SMILES string of the molecule is CCCOCCOC(=O)/C=C/C(=O)OC. The zero-order valence-electron chi connectivity index (χ0n) is 9.02. The monoisotopic (exact) mass is 216 g/mol. The third-order valence-corrected chi connectivity index (χ3v) is 1.38. The molecule has 0 saturated heterocycles. The Hall–Kier alpha value is -1.36. The standard InChI is InChI=1S/C10H16O5/c1-3-6-14-7-8-15-10(12)5-4-9(11)13-2/h4-5H,3,6-8H2,1-2H3/b5-4+. The maximum Gasteiger partial charge on any atom is 0.331 e. The molecule has 5 nitrogen and oxygen atoms in total. The molecule has 0 rings (SSSR count). The van der Waals surface area contributed by atoms with E-state index >= 15 is 0 Å². The highest BCUT2D eigenvalue weighted by atomic mass is 16.6. The van der Waals surface area contributed by atoms with Crippen LogP contribution in [0.2, 0.25) is 0 Å². The summed E-state index contributed by atoms with van der Waals surface area (Å²) >= 11 is 0. The predicted octanol–water partition coefficient (Wildman–Crippen LogP) is 0.685. The molecule has 0 fully saturated rings. The van der Waals surface area contributed by atoms with Crippen molar-refractivity contribution in [3.63, 3.8) is 0 Å². The highest BCUT2D eigenvalue weighted by Crippen LogP contribution is 1.86. The van der Waals surface area contributed by atoms with E-state index < -0.39 is 11.9 Å². The third-order valence-electron chi connectivity index (χ3n) is 1.38. The Morgan fingerprint density at radius 3 is 2.33 bits per heavy atom. The van der Waals surface area contributed by atoms with Crippen molar-refractivity contribution in [3.8, 4) is 0 Å². The smallest absolute Gasteiger partial charge is 0.331 e. The molecule has 0 heterocycles. The molecule has 5 heteroatoms. The molecule has 0 atom stereocenters. The summed E-state index contributed by atoms with van der Waals surface area (Å²) in [5.41, 5.74) is 0. The first-order valence-electron chi connectivity index (χ1n) is 4.71. The molecule has 0 aromatic heterocycles. The van der Waals surface area contributed by atoms with Crippen molar-refractivity contribution in [2.45, 2.75) is 13.3 Å². The van der Waals surface area contributed by atoms with Crippen molar-refractivity contribution >= 4 is 11.9 Å². The van der Waals surface area contributed by atoms with E-state index in [0.29, 0.717) is 13.2 Å². The predicted molar refractivity (Wildman–Crippen MR) is 53.2 cm³/mol. The molecule has 0 aliphatic carbocycles. The van der Waals surface area contributed by atoms with E-state index in [1.807, 2.05) is 6.92 Å². The van der Waals surface area contributed by atoms with Crippen molar-refractivity contribution in [1.82, 2.24) is 0 Å². The van der Waals surface area contributed by atoms with E-state index in [0.717, 1.165) is 18.6 Å². The lowest BCUT2D eigenvalue weighted by atomic mass is 10.5. The molecule has 0 bridgehead atoms. The molecule has 0 saturated carbocycles. The average Bonchev–Trinajstić information content (AvgIpc) is 2.25. The van der Waals surface area contributed by atoms with Crippen LogP contribution < -0.4 is 0 Å². The van der Waals surface area contributed by atoms with Gasteiger partial charge in [-0.1, -0.05) is 6.92 Å². The van der Waals surface area contributed by atoms with Gasteiger partial charge in [0.25, 0.3) is 0 Å². The highest BCUT2D eigenvalue weighted by Gasteiger charge is 1.98. The summed E-state index contributed by atoms with van der Waals surface area (Å²) in [6.45, 7) is 3.19. The Balaban J connectivity index is 3.49. The van der Waals surface area contributed by atoms with Gasteiger partial charge < -0.3 is 14.2 Å². The second kappa shape index (κ2) is 9.21. The van der Waals surface area contributed by atoms with Gasteiger partial charge in [0.15, 0.2) is 0 Å². The van der Waals surface area contributed by atoms with Crippen LogP contribution in [0.3, 0.4) is 0 Å². The van der Waals surface area contributed by atoms with E-state index in [2.05, 4.69) is 4.74 Å². The normalized spacial score (nSPS) is 10.3. The van der Waals surface area contributed by atoms with E-state index in [1.165, 1.54) is 7.11 Å².